The number of imidazole rings is 1. The van der Waals surface area contributed by atoms with Gasteiger partial charge in [0.2, 0.25) is 0 Å². The fourth-order valence-electron chi connectivity index (χ4n) is 3.75. The molecule has 0 fully saturated rings. The van der Waals surface area contributed by atoms with E-state index in [2.05, 4.69) is 21.7 Å². The lowest BCUT2D eigenvalue weighted by Crippen LogP contribution is -2.32. The molecular weight excluding hydrogens is 375 g/mol. The fourth-order valence-corrected chi connectivity index (χ4v) is 3.75. The van der Waals surface area contributed by atoms with Crippen LogP contribution in [0.25, 0.3) is 0 Å². The Kier molecular flexibility index (Phi) is 5.16. The highest BCUT2D eigenvalue weighted by molar-refractivity contribution is 5.66. The second kappa shape index (κ2) is 7.90. The fraction of sp³-hybridized carbons (Fsp3) is 0.286. The lowest BCUT2D eigenvalue weighted by atomic mass is 10.1. The Morgan fingerprint density at radius 3 is 2.79 bits per heavy atom. The highest BCUT2D eigenvalue weighted by Crippen LogP contribution is 2.36. The number of hydrogen-bond acceptors (Lipinski definition) is 5. The molecule has 0 unspecified atom stereocenters. The van der Waals surface area contributed by atoms with Gasteiger partial charge in [-0.05, 0) is 12.0 Å². The zero-order valence-corrected chi connectivity index (χ0v) is 16.0. The van der Waals surface area contributed by atoms with Crippen molar-refractivity contribution in [1.29, 1.82) is 0 Å². The zero-order valence-electron chi connectivity index (χ0n) is 16.0. The van der Waals surface area contributed by atoms with E-state index in [1.807, 2.05) is 29.4 Å². The molecular formula is C21H21FN4O3. The molecule has 8 heteroatoms. The molecule has 0 radical (unpaired) electrons. The van der Waals surface area contributed by atoms with Gasteiger partial charge >= 0.3 is 0 Å². The molecule has 2 heterocycles. The summed E-state index contributed by atoms with van der Waals surface area (Å²) in [5.74, 6) is -0.754. The number of rotatable bonds is 6. The number of fused-ring (bicyclic) bond motifs is 1. The number of methoxy groups -OCH3 is 1. The Morgan fingerprint density at radius 1 is 1.28 bits per heavy atom. The molecule has 0 atom stereocenters. The molecule has 29 heavy (non-hydrogen) atoms. The van der Waals surface area contributed by atoms with Crippen LogP contribution in [0.5, 0.6) is 5.75 Å². The maximum atomic E-state index is 14.0. The summed E-state index contributed by atoms with van der Waals surface area (Å²) in [7, 11) is 1.34. The van der Waals surface area contributed by atoms with E-state index < -0.39 is 10.7 Å². The summed E-state index contributed by atoms with van der Waals surface area (Å²) < 4.78 is 21.1. The van der Waals surface area contributed by atoms with Gasteiger partial charge in [-0.15, -0.1) is 0 Å². The van der Waals surface area contributed by atoms with E-state index in [1.54, 1.807) is 0 Å². The number of halogens is 1. The number of nitro groups is 1. The van der Waals surface area contributed by atoms with Gasteiger partial charge in [0.05, 0.1) is 36.7 Å². The van der Waals surface area contributed by atoms with Gasteiger partial charge in [-0.25, -0.2) is 9.37 Å². The lowest BCUT2D eigenvalue weighted by Gasteiger charge is -2.29. The third kappa shape index (κ3) is 3.78. The predicted octanol–water partition coefficient (Wildman–Crippen LogP) is 3.74. The van der Waals surface area contributed by atoms with Crippen molar-refractivity contribution in [3.8, 4) is 5.75 Å². The Labute approximate surface area is 167 Å². The Morgan fingerprint density at radius 2 is 2.07 bits per heavy atom. The van der Waals surface area contributed by atoms with Crippen molar-refractivity contribution < 1.29 is 14.1 Å². The van der Waals surface area contributed by atoms with E-state index in [0.29, 0.717) is 25.2 Å². The van der Waals surface area contributed by atoms with Crippen molar-refractivity contribution in [3.63, 3.8) is 0 Å². The number of nitrogens with zero attached hydrogens (tertiary/aromatic N) is 4. The molecule has 1 aliphatic rings. The summed E-state index contributed by atoms with van der Waals surface area (Å²) in [4.78, 5) is 17.3. The number of aryl methyl sites for hydroxylation is 2. The van der Waals surface area contributed by atoms with Gasteiger partial charge in [-0.1, -0.05) is 30.3 Å². The van der Waals surface area contributed by atoms with E-state index in [4.69, 9.17) is 4.74 Å². The number of hydrogen-bond donors (Lipinski definition) is 0. The minimum atomic E-state index is -0.745. The van der Waals surface area contributed by atoms with Gasteiger partial charge in [0, 0.05) is 31.3 Å². The first kappa shape index (κ1) is 18.9. The molecule has 0 spiro atoms. The molecule has 7 nitrogen and oxygen atoms in total. The lowest BCUT2D eigenvalue weighted by molar-refractivity contribution is -0.384. The van der Waals surface area contributed by atoms with Crippen LogP contribution in [0.15, 0.2) is 48.8 Å². The predicted molar refractivity (Wildman–Crippen MR) is 107 cm³/mol. The molecule has 0 amide bonds. The maximum absolute atomic E-state index is 14.0. The maximum Gasteiger partial charge on any atom is 0.295 e. The molecule has 4 rings (SSSR count). The van der Waals surface area contributed by atoms with Crippen LogP contribution < -0.4 is 9.64 Å². The van der Waals surface area contributed by atoms with Gasteiger partial charge in [-0.2, -0.15) is 0 Å². The van der Waals surface area contributed by atoms with Gasteiger partial charge in [-0.3, -0.25) is 10.1 Å². The van der Waals surface area contributed by atoms with Gasteiger partial charge in [0.15, 0.2) is 11.6 Å². The van der Waals surface area contributed by atoms with E-state index in [1.165, 1.54) is 18.7 Å². The molecule has 0 bridgehead atoms. The number of anilines is 1. The molecule has 2 aromatic carbocycles. The summed E-state index contributed by atoms with van der Waals surface area (Å²) in [5.41, 5.74) is 3.38. The third-order valence-corrected chi connectivity index (χ3v) is 5.26. The first-order valence-electron chi connectivity index (χ1n) is 9.40. The smallest absolute Gasteiger partial charge is 0.295 e. The van der Waals surface area contributed by atoms with Crippen molar-refractivity contribution in [2.75, 3.05) is 18.6 Å². The number of nitro benzene ring substituents is 1. The molecule has 0 saturated carbocycles. The molecule has 150 valence electrons. The number of ether oxygens (including phenoxy) is 1. The second-order valence-corrected chi connectivity index (χ2v) is 6.97. The average molecular weight is 396 g/mol. The quantitative estimate of drug-likeness (QED) is 0.469. The van der Waals surface area contributed by atoms with Crippen LogP contribution in [0.2, 0.25) is 0 Å². The van der Waals surface area contributed by atoms with Crippen molar-refractivity contribution in [2.45, 2.75) is 25.9 Å². The van der Waals surface area contributed by atoms with Gasteiger partial charge in [0.25, 0.3) is 5.69 Å². The highest BCUT2D eigenvalue weighted by Gasteiger charge is 2.28. The van der Waals surface area contributed by atoms with Gasteiger partial charge < -0.3 is 14.2 Å². The van der Waals surface area contributed by atoms with Crippen LogP contribution in [-0.4, -0.2) is 28.1 Å². The molecule has 0 aliphatic carbocycles. The standard InChI is InChI=1S/C21H21FN4O3/c1-29-21-12-19(20(26(27)28)11-16(21)22)24-10-8-18-17(13-24)23-14-25(18)9-7-15-5-3-2-4-6-15/h2-6,11-12,14H,7-10,13H2,1H3. The first-order valence-corrected chi connectivity index (χ1v) is 9.40. The third-order valence-electron chi connectivity index (χ3n) is 5.26. The molecule has 0 saturated heterocycles. The van der Waals surface area contributed by atoms with E-state index in [9.17, 15) is 14.5 Å². The van der Waals surface area contributed by atoms with Crippen LogP contribution in [-0.2, 0) is 25.9 Å². The number of aromatic nitrogens is 2. The summed E-state index contributed by atoms with van der Waals surface area (Å²) in [5, 5.41) is 11.4. The van der Waals surface area contributed by atoms with E-state index in [0.717, 1.165) is 30.4 Å². The summed E-state index contributed by atoms with van der Waals surface area (Å²) in [6.07, 6.45) is 3.45. The minimum absolute atomic E-state index is 0.00946. The first-order chi connectivity index (χ1) is 14.1. The molecule has 1 aliphatic heterocycles. The average Bonchev–Trinajstić information content (AvgIpc) is 3.15. The highest BCUT2D eigenvalue weighted by atomic mass is 19.1. The van der Waals surface area contributed by atoms with Crippen LogP contribution in [0.3, 0.4) is 0 Å². The Balaban J connectivity index is 1.56. The topological polar surface area (TPSA) is 73.4 Å². The molecule has 1 aromatic heterocycles. The summed E-state index contributed by atoms with van der Waals surface area (Å²) >= 11 is 0. The number of benzene rings is 2. The summed E-state index contributed by atoms with van der Waals surface area (Å²) in [6.45, 7) is 1.85. The van der Waals surface area contributed by atoms with Crippen molar-refractivity contribution in [2.24, 2.45) is 0 Å². The van der Waals surface area contributed by atoms with Gasteiger partial charge in [0.1, 0.15) is 5.69 Å². The normalized spacial score (nSPS) is 13.2. The zero-order chi connectivity index (χ0) is 20.4. The Hall–Kier alpha value is -3.42. The SMILES string of the molecule is COc1cc(N2CCc3c(ncn3CCc3ccccc3)C2)c([N+](=O)[O-])cc1F. The summed E-state index contributed by atoms with van der Waals surface area (Å²) in [6, 6.07) is 12.6. The van der Waals surface area contributed by atoms with Crippen molar-refractivity contribution >= 4 is 11.4 Å². The van der Waals surface area contributed by atoms with E-state index >= 15 is 0 Å². The minimum Gasteiger partial charge on any atom is -0.494 e. The largest absolute Gasteiger partial charge is 0.494 e. The second-order valence-electron chi connectivity index (χ2n) is 6.97. The molecule has 3 aromatic rings. The van der Waals surface area contributed by atoms with Crippen molar-refractivity contribution in [3.05, 3.63) is 81.7 Å². The Bertz CT molecular complexity index is 1040. The van der Waals surface area contributed by atoms with Crippen LogP contribution >= 0.6 is 0 Å². The molecule has 0 N–H and O–H groups in total. The van der Waals surface area contributed by atoms with Crippen molar-refractivity contribution in [1.82, 2.24) is 9.55 Å². The van der Waals surface area contributed by atoms with Crippen LogP contribution in [0, 0.1) is 15.9 Å². The van der Waals surface area contributed by atoms with E-state index in [-0.39, 0.29) is 11.4 Å². The monoisotopic (exact) mass is 396 g/mol. The van der Waals surface area contributed by atoms with Crippen LogP contribution in [0.1, 0.15) is 17.0 Å². The van der Waals surface area contributed by atoms with Crippen LogP contribution in [0.4, 0.5) is 15.8 Å².